The molecule has 4 nitrogen and oxygen atoms in total. The predicted octanol–water partition coefficient (Wildman–Crippen LogP) is 3.17. The number of hydrogen-bond acceptors (Lipinski definition) is 3. The van der Waals surface area contributed by atoms with Gasteiger partial charge in [-0.05, 0) is 56.4 Å². The van der Waals surface area contributed by atoms with Gasteiger partial charge in [-0.25, -0.2) is 4.68 Å². The molecule has 2 aliphatic carbocycles. The van der Waals surface area contributed by atoms with E-state index in [0.29, 0.717) is 6.04 Å². The normalized spacial score (nSPS) is 30.0. The molecule has 2 fully saturated rings. The van der Waals surface area contributed by atoms with Gasteiger partial charge in [-0.3, -0.25) is 0 Å². The van der Waals surface area contributed by atoms with Crippen LogP contribution in [-0.4, -0.2) is 21.5 Å². The Kier molecular flexibility index (Phi) is 4.39. The largest absolute Gasteiger partial charge is 0.308 e. The zero-order chi connectivity index (χ0) is 13.9. The smallest absolute Gasteiger partial charge is 0.0759 e. The van der Waals surface area contributed by atoms with Gasteiger partial charge in [0.15, 0.2) is 0 Å². The van der Waals surface area contributed by atoms with Gasteiger partial charge < -0.3 is 5.32 Å². The quantitative estimate of drug-likeness (QED) is 0.832. The van der Waals surface area contributed by atoms with Crippen molar-refractivity contribution in [3.05, 3.63) is 11.9 Å². The van der Waals surface area contributed by atoms with Crippen LogP contribution in [0.1, 0.15) is 64.1 Å². The summed E-state index contributed by atoms with van der Waals surface area (Å²) in [4.78, 5) is 0. The number of fused-ring (bicyclic) bond motifs is 2. The molecule has 3 rings (SSSR count). The maximum atomic E-state index is 4.30. The second-order valence-corrected chi connectivity index (χ2v) is 6.65. The van der Waals surface area contributed by atoms with Crippen molar-refractivity contribution in [2.24, 2.45) is 17.8 Å². The van der Waals surface area contributed by atoms with Crippen LogP contribution in [0.4, 0.5) is 0 Å². The van der Waals surface area contributed by atoms with E-state index in [9.17, 15) is 0 Å². The van der Waals surface area contributed by atoms with Gasteiger partial charge in [-0.15, -0.1) is 5.10 Å². The molecule has 1 aromatic rings. The number of aryl methyl sites for hydroxylation is 1. The van der Waals surface area contributed by atoms with Gasteiger partial charge in [0.2, 0.25) is 0 Å². The van der Waals surface area contributed by atoms with Gasteiger partial charge in [-0.1, -0.05) is 25.5 Å². The zero-order valence-corrected chi connectivity index (χ0v) is 12.9. The third-order valence-corrected chi connectivity index (χ3v) is 5.24. The first kappa shape index (κ1) is 14.1. The van der Waals surface area contributed by atoms with Crippen LogP contribution in [0.15, 0.2) is 6.20 Å². The maximum absolute atomic E-state index is 4.30. The van der Waals surface area contributed by atoms with E-state index in [4.69, 9.17) is 0 Å². The summed E-state index contributed by atoms with van der Waals surface area (Å²) in [6.07, 6.45) is 10.1. The molecule has 0 spiro atoms. The Morgan fingerprint density at radius 1 is 1.30 bits per heavy atom. The molecule has 4 atom stereocenters. The molecule has 1 heterocycles. The molecule has 0 amide bonds. The Morgan fingerprint density at radius 2 is 2.20 bits per heavy atom. The third-order valence-electron chi connectivity index (χ3n) is 5.24. The Balaban J connectivity index is 1.80. The monoisotopic (exact) mass is 276 g/mol. The molecule has 0 aliphatic heterocycles. The van der Waals surface area contributed by atoms with Gasteiger partial charge in [0.25, 0.3) is 0 Å². The average Bonchev–Trinajstić information content (AvgIpc) is 3.16. The molecular formula is C16H28N4. The van der Waals surface area contributed by atoms with Crippen molar-refractivity contribution in [2.45, 2.75) is 65.0 Å². The molecule has 4 heteroatoms. The van der Waals surface area contributed by atoms with Gasteiger partial charge >= 0.3 is 0 Å². The second kappa shape index (κ2) is 6.25. The fourth-order valence-electron chi connectivity index (χ4n) is 4.37. The summed E-state index contributed by atoms with van der Waals surface area (Å²) < 4.78 is 2.12. The minimum absolute atomic E-state index is 0.465. The van der Waals surface area contributed by atoms with Gasteiger partial charge in [0, 0.05) is 6.54 Å². The van der Waals surface area contributed by atoms with Gasteiger partial charge in [-0.2, -0.15) is 0 Å². The topological polar surface area (TPSA) is 42.7 Å². The SMILES string of the molecule is CCCNC(c1cnnn1CCC)C1CC2CCC1C2. The van der Waals surface area contributed by atoms with E-state index in [2.05, 4.69) is 34.2 Å². The zero-order valence-electron chi connectivity index (χ0n) is 12.9. The Morgan fingerprint density at radius 3 is 2.85 bits per heavy atom. The number of nitrogens with zero attached hydrogens (tertiary/aromatic N) is 3. The molecule has 1 aromatic heterocycles. The molecule has 2 saturated carbocycles. The highest BCUT2D eigenvalue weighted by molar-refractivity contribution is 5.08. The van der Waals surface area contributed by atoms with Crippen LogP contribution in [0.25, 0.3) is 0 Å². The maximum Gasteiger partial charge on any atom is 0.0759 e. The van der Waals surface area contributed by atoms with Crippen molar-refractivity contribution in [3.8, 4) is 0 Å². The van der Waals surface area contributed by atoms with E-state index in [0.717, 1.165) is 37.3 Å². The van der Waals surface area contributed by atoms with E-state index in [-0.39, 0.29) is 0 Å². The van der Waals surface area contributed by atoms with Crippen LogP contribution in [-0.2, 0) is 6.54 Å². The van der Waals surface area contributed by atoms with Gasteiger partial charge in [0.1, 0.15) is 0 Å². The van der Waals surface area contributed by atoms with Crippen molar-refractivity contribution in [2.75, 3.05) is 6.54 Å². The van der Waals surface area contributed by atoms with Crippen molar-refractivity contribution in [3.63, 3.8) is 0 Å². The summed E-state index contributed by atoms with van der Waals surface area (Å²) in [5, 5.41) is 12.3. The Bertz CT molecular complexity index is 428. The molecular weight excluding hydrogens is 248 g/mol. The molecule has 20 heavy (non-hydrogen) atoms. The number of nitrogens with one attached hydrogen (secondary N) is 1. The fraction of sp³-hybridized carbons (Fsp3) is 0.875. The third kappa shape index (κ3) is 2.62. The number of hydrogen-bond donors (Lipinski definition) is 1. The highest BCUT2D eigenvalue weighted by atomic mass is 15.4. The predicted molar refractivity (Wildman–Crippen MR) is 80.3 cm³/mol. The van der Waals surface area contributed by atoms with E-state index >= 15 is 0 Å². The first-order valence-corrected chi connectivity index (χ1v) is 8.45. The van der Waals surface area contributed by atoms with Crippen LogP contribution >= 0.6 is 0 Å². The lowest BCUT2D eigenvalue weighted by molar-refractivity contribution is 0.241. The van der Waals surface area contributed by atoms with Crippen LogP contribution in [0.5, 0.6) is 0 Å². The molecule has 0 aromatic carbocycles. The summed E-state index contributed by atoms with van der Waals surface area (Å²) in [5.74, 6) is 2.72. The Hall–Kier alpha value is -0.900. The Labute approximate surface area is 122 Å². The first-order valence-electron chi connectivity index (χ1n) is 8.45. The summed E-state index contributed by atoms with van der Waals surface area (Å²) >= 11 is 0. The van der Waals surface area contributed by atoms with Crippen molar-refractivity contribution >= 4 is 0 Å². The van der Waals surface area contributed by atoms with E-state index < -0.39 is 0 Å². The first-order chi connectivity index (χ1) is 9.83. The molecule has 4 unspecified atom stereocenters. The number of rotatable bonds is 7. The lowest BCUT2D eigenvalue weighted by Crippen LogP contribution is -2.33. The van der Waals surface area contributed by atoms with Crippen molar-refractivity contribution in [1.29, 1.82) is 0 Å². The lowest BCUT2D eigenvalue weighted by Gasteiger charge is -2.31. The average molecular weight is 276 g/mol. The van der Waals surface area contributed by atoms with Crippen LogP contribution in [0.2, 0.25) is 0 Å². The molecule has 112 valence electrons. The standard InChI is InChI=1S/C16H28N4/c1-3-7-17-16(14-10-12-5-6-13(14)9-12)15-11-18-19-20(15)8-4-2/h11-14,16-17H,3-10H2,1-2H3. The number of aromatic nitrogens is 3. The fourth-order valence-corrected chi connectivity index (χ4v) is 4.37. The molecule has 0 radical (unpaired) electrons. The van der Waals surface area contributed by atoms with Gasteiger partial charge in [0.05, 0.1) is 17.9 Å². The molecule has 1 N–H and O–H groups in total. The summed E-state index contributed by atoms with van der Waals surface area (Å²) in [6, 6.07) is 0.465. The minimum atomic E-state index is 0.465. The highest BCUT2D eigenvalue weighted by Crippen LogP contribution is 2.52. The van der Waals surface area contributed by atoms with Crippen LogP contribution in [0.3, 0.4) is 0 Å². The van der Waals surface area contributed by atoms with Crippen LogP contribution < -0.4 is 5.32 Å². The summed E-state index contributed by atoms with van der Waals surface area (Å²) in [6.45, 7) is 6.53. The summed E-state index contributed by atoms with van der Waals surface area (Å²) in [7, 11) is 0. The molecule has 2 aliphatic rings. The second-order valence-electron chi connectivity index (χ2n) is 6.65. The van der Waals surface area contributed by atoms with E-state index in [1.165, 1.54) is 37.8 Å². The van der Waals surface area contributed by atoms with Crippen LogP contribution in [0, 0.1) is 17.8 Å². The van der Waals surface area contributed by atoms with E-state index in [1.807, 2.05) is 6.20 Å². The molecule has 0 saturated heterocycles. The van der Waals surface area contributed by atoms with Crippen molar-refractivity contribution in [1.82, 2.24) is 20.3 Å². The lowest BCUT2D eigenvalue weighted by atomic mass is 9.82. The summed E-state index contributed by atoms with van der Waals surface area (Å²) in [5.41, 5.74) is 1.32. The highest BCUT2D eigenvalue weighted by Gasteiger charge is 2.44. The molecule has 2 bridgehead atoms. The van der Waals surface area contributed by atoms with E-state index in [1.54, 1.807) is 0 Å². The van der Waals surface area contributed by atoms with Crippen molar-refractivity contribution < 1.29 is 0 Å². The minimum Gasteiger partial charge on any atom is -0.308 e.